The van der Waals surface area contributed by atoms with Crippen LogP contribution in [0.1, 0.15) is 37.8 Å². The average molecular weight is 315 g/mol. The van der Waals surface area contributed by atoms with Gasteiger partial charge in [-0.15, -0.1) is 0 Å². The highest BCUT2D eigenvalue weighted by Gasteiger charge is 2.16. The first-order valence-electron chi connectivity index (χ1n) is 7.89. The molecule has 1 aliphatic rings. The Balaban J connectivity index is 1.54. The third-order valence-corrected chi connectivity index (χ3v) is 3.92. The highest BCUT2D eigenvalue weighted by molar-refractivity contribution is 5.76. The number of ether oxygens (including phenoxy) is 2. The molecule has 0 spiro atoms. The molecule has 6 heteroatoms. The predicted octanol–water partition coefficient (Wildman–Crippen LogP) is 2.66. The normalized spacial score (nSPS) is 13.8. The summed E-state index contributed by atoms with van der Waals surface area (Å²) in [6.07, 6.45) is 7.85. The SMILES string of the molecule is CCCC(CC(=O)NCc1ccc2c(c1)OCO2)n1ccnc1. The van der Waals surface area contributed by atoms with Gasteiger partial charge in [0.15, 0.2) is 11.5 Å². The van der Waals surface area contributed by atoms with E-state index in [1.54, 1.807) is 12.5 Å². The van der Waals surface area contributed by atoms with Crippen LogP contribution in [0.2, 0.25) is 0 Å². The molecular weight excluding hydrogens is 294 g/mol. The van der Waals surface area contributed by atoms with Gasteiger partial charge in [-0.2, -0.15) is 0 Å². The molecule has 0 bridgehead atoms. The molecule has 1 unspecified atom stereocenters. The molecule has 1 aromatic carbocycles. The van der Waals surface area contributed by atoms with Crippen molar-refractivity contribution in [2.45, 2.75) is 38.8 Å². The van der Waals surface area contributed by atoms with Crippen LogP contribution in [-0.2, 0) is 11.3 Å². The Bertz CT molecular complexity index is 655. The Kier molecular flexibility index (Phi) is 4.80. The van der Waals surface area contributed by atoms with E-state index in [0.717, 1.165) is 29.9 Å². The van der Waals surface area contributed by atoms with Crippen molar-refractivity contribution >= 4 is 5.91 Å². The summed E-state index contributed by atoms with van der Waals surface area (Å²) in [5, 5.41) is 2.97. The van der Waals surface area contributed by atoms with E-state index in [-0.39, 0.29) is 18.7 Å². The van der Waals surface area contributed by atoms with E-state index in [9.17, 15) is 4.79 Å². The van der Waals surface area contributed by atoms with E-state index in [1.807, 2.05) is 29.0 Å². The average Bonchev–Trinajstić information content (AvgIpc) is 3.23. The van der Waals surface area contributed by atoms with Gasteiger partial charge in [-0.3, -0.25) is 4.79 Å². The monoisotopic (exact) mass is 315 g/mol. The minimum Gasteiger partial charge on any atom is -0.454 e. The van der Waals surface area contributed by atoms with Gasteiger partial charge in [0.2, 0.25) is 12.7 Å². The lowest BCUT2D eigenvalue weighted by atomic mass is 10.1. The van der Waals surface area contributed by atoms with Gasteiger partial charge >= 0.3 is 0 Å². The fraction of sp³-hybridized carbons (Fsp3) is 0.412. The number of amides is 1. The second kappa shape index (κ2) is 7.17. The number of hydrogen-bond acceptors (Lipinski definition) is 4. The van der Waals surface area contributed by atoms with Crippen molar-refractivity contribution in [3.05, 3.63) is 42.5 Å². The molecule has 0 saturated carbocycles. The molecule has 2 aromatic rings. The number of hydrogen-bond donors (Lipinski definition) is 1. The Morgan fingerprint density at radius 1 is 1.39 bits per heavy atom. The quantitative estimate of drug-likeness (QED) is 0.853. The lowest BCUT2D eigenvalue weighted by Gasteiger charge is -2.17. The van der Waals surface area contributed by atoms with E-state index in [4.69, 9.17) is 9.47 Å². The van der Waals surface area contributed by atoms with Crippen LogP contribution in [0.4, 0.5) is 0 Å². The zero-order chi connectivity index (χ0) is 16.1. The second-order valence-corrected chi connectivity index (χ2v) is 5.62. The van der Waals surface area contributed by atoms with Crippen LogP contribution >= 0.6 is 0 Å². The Labute approximate surface area is 135 Å². The Morgan fingerprint density at radius 3 is 3.04 bits per heavy atom. The van der Waals surface area contributed by atoms with Crippen LogP contribution < -0.4 is 14.8 Å². The second-order valence-electron chi connectivity index (χ2n) is 5.62. The third kappa shape index (κ3) is 3.83. The summed E-state index contributed by atoms with van der Waals surface area (Å²) in [5.41, 5.74) is 0.997. The number of nitrogens with one attached hydrogen (secondary N) is 1. The van der Waals surface area contributed by atoms with Gasteiger partial charge in [0.25, 0.3) is 0 Å². The van der Waals surface area contributed by atoms with E-state index in [1.165, 1.54) is 0 Å². The van der Waals surface area contributed by atoms with Crippen molar-refractivity contribution in [3.8, 4) is 11.5 Å². The van der Waals surface area contributed by atoms with Crippen LogP contribution in [-0.4, -0.2) is 22.3 Å². The van der Waals surface area contributed by atoms with Crippen molar-refractivity contribution in [2.24, 2.45) is 0 Å². The van der Waals surface area contributed by atoms with Gasteiger partial charge in [0.1, 0.15) is 0 Å². The van der Waals surface area contributed by atoms with Crippen molar-refractivity contribution in [1.29, 1.82) is 0 Å². The van der Waals surface area contributed by atoms with E-state index < -0.39 is 0 Å². The maximum atomic E-state index is 12.2. The standard InChI is InChI=1S/C17H21N3O3/c1-2-3-14(20-7-6-18-11-20)9-17(21)19-10-13-4-5-15-16(8-13)23-12-22-15/h4-8,11,14H,2-3,9-10,12H2,1H3,(H,19,21). The van der Waals surface area contributed by atoms with Gasteiger partial charge < -0.3 is 19.4 Å². The summed E-state index contributed by atoms with van der Waals surface area (Å²) in [4.78, 5) is 16.3. The molecule has 1 aliphatic heterocycles. The van der Waals surface area contributed by atoms with Crippen molar-refractivity contribution in [2.75, 3.05) is 6.79 Å². The largest absolute Gasteiger partial charge is 0.454 e. The zero-order valence-electron chi connectivity index (χ0n) is 13.2. The molecule has 1 N–H and O–H groups in total. The summed E-state index contributed by atoms with van der Waals surface area (Å²) in [5.74, 6) is 1.53. The number of rotatable bonds is 7. The molecule has 1 atom stereocenters. The minimum absolute atomic E-state index is 0.0369. The maximum absolute atomic E-state index is 12.2. The lowest BCUT2D eigenvalue weighted by molar-refractivity contribution is -0.122. The first-order chi connectivity index (χ1) is 11.3. The number of fused-ring (bicyclic) bond motifs is 1. The van der Waals surface area contributed by atoms with Gasteiger partial charge in [-0.05, 0) is 24.1 Å². The summed E-state index contributed by atoms with van der Waals surface area (Å²) in [7, 11) is 0. The molecule has 3 rings (SSSR count). The number of aromatic nitrogens is 2. The summed E-state index contributed by atoms with van der Waals surface area (Å²) in [6.45, 7) is 2.86. The van der Waals surface area contributed by atoms with E-state index >= 15 is 0 Å². The van der Waals surface area contributed by atoms with Gasteiger partial charge in [0, 0.05) is 31.4 Å². The maximum Gasteiger partial charge on any atom is 0.231 e. The van der Waals surface area contributed by atoms with Gasteiger partial charge in [0.05, 0.1) is 6.33 Å². The molecule has 0 saturated heterocycles. The first-order valence-corrected chi connectivity index (χ1v) is 7.89. The smallest absolute Gasteiger partial charge is 0.231 e. The van der Waals surface area contributed by atoms with Crippen molar-refractivity contribution in [3.63, 3.8) is 0 Å². The van der Waals surface area contributed by atoms with Crippen LogP contribution in [0.5, 0.6) is 11.5 Å². The fourth-order valence-corrected chi connectivity index (χ4v) is 2.71. The highest BCUT2D eigenvalue weighted by Crippen LogP contribution is 2.32. The van der Waals surface area contributed by atoms with Crippen LogP contribution in [0.15, 0.2) is 36.9 Å². The molecule has 0 aliphatic carbocycles. The molecule has 6 nitrogen and oxygen atoms in total. The van der Waals surface area contributed by atoms with Crippen LogP contribution in [0.3, 0.4) is 0 Å². The van der Waals surface area contributed by atoms with Gasteiger partial charge in [-0.25, -0.2) is 4.98 Å². The summed E-state index contributed by atoms with van der Waals surface area (Å²) in [6, 6.07) is 5.86. The molecule has 0 radical (unpaired) electrons. The summed E-state index contributed by atoms with van der Waals surface area (Å²) >= 11 is 0. The number of carbonyl (C=O) groups is 1. The Hall–Kier alpha value is -2.50. The van der Waals surface area contributed by atoms with Crippen molar-refractivity contribution in [1.82, 2.24) is 14.9 Å². The van der Waals surface area contributed by atoms with Crippen LogP contribution in [0, 0.1) is 0 Å². The first kappa shape index (κ1) is 15.4. The third-order valence-electron chi connectivity index (χ3n) is 3.92. The number of nitrogens with zero attached hydrogens (tertiary/aromatic N) is 2. The zero-order valence-corrected chi connectivity index (χ0v) is 13.2. The number of imidazole rings is 1. The topological polar surface area (TPSA) is 65.4 Å². The summed E-state index contributed by atoms with van der Waals surface area (Å²) < 4.78 is 12.6. The van der Waals surface area contributed by atoms with E-state index in [0.29, 0.717) is 13.0 Å². The van der Waals surface area contributed by atoms with Crippen LogP contribution in [0.25, 0.3) is 0 Å². The minimum atomic E-state index is 0.0369. The molecule has 122 valence electrons. The highest BCUT2D eigenvalue weighted by atomic mass is 16.7. The predicted molar refractivity (Wildman–Crippen MR) is 85.2 cm³/mol. The molecule has 23 heavy (non-hydrogen) atoms. The van der Waals surface area contributed by atoms with Gasteiger partial charge in [-0.1, -0.05) is 19.4 Å². The van der Waals surface area contributed by atoms with E-state index in [2.05, 4.69) is 17.2 Å². The molecular formula is C17H21N3O3. The molecule has 0 fully saturated rings. The lowest BCUT2D eigenvalue weighted by Crippen LogP contribution is -2.26. The van der Waals surface area contributed by atoms with Crippen molar-refractivity contribution < 1.29 is 14.3 Å². The Morgan fingerprint density at radius 2 is 2.26 bits per heavy atom. The molecule has 2 heterocycles. The molecule has 1 amide bonds. The number of carbonyl (C=O) groups excluding carboxylic acids is 1. The number of benzene rings is 1. The fourth-order valence-electron chi connectivity index (χ4n) is 2.71. The molecule has 1 aromatic heterocycles.